The molecule has 2 rings (SSSR count). The predicted molar refractivity (Wildman–Crippen MR) is 104 cm³/mol. The van der Waals surface area contributed by atoms with Crippen molar-refractivity contribution in [2.75, 3.05) is 25.1 Å². The number of anilines is 1. The highest BCUT2D eigenvalue weighted by Gasteiger charge is 2.17. The molecule has 2 aromatic carbocycles. The van der Waals surface area contributed by atoms with Gasteiger partial charge in [-0.15, -0.1) is 0 Å². The molecule has 0 spiro atoms. The number of rotatable bonds is 6. The maximum Gasteiger partial charge on any atom is 0.255 e. The molecule has 0 saturated carbocycles. The van der Waals surface area contributed by atoms with Gasteiger partial charge in [0.25, 0.3) is 5.91 Å². The maximum absolute atomic E-state index is 12.4. The zero-order valence-corrected chi connectivity index (χ0v) is 16.1. The number of nitrogens with zero attached hydrogens (tertiary/aromatic N) is 1. The van der Waals surface area contributed by atoms with Crippen molar-refractivity contribution in [3.8, 4) is 5.75 Å². The Bertz CT molecular complexity index is 792. The van der Waals surface area contributed by atoms with E-state index in [2.05, 4.69) is 17.4 Å². The molecule has 1 N–H and O–H groups in total. The summed E-state index contributed by atoms with van der Waals surface area (Å²) < 4.78 is 5.22. The molecule has 0 bridgehead atoms. The van der Waals surface area contributed by atoms with E-state index < -0.39 is 0 Å². The summed E-state index contributed by atoms with van der Waals surface area (Å²) in [4.78, 5) is 26.3. The van der Waals surface area contributed by atoms with Crippen LogP contribution in [0.15, 0.2) is 36.4 Å². The third-order valence-electron chi connectivity index (χ3n) is 4.26. The average molecular weight is 354 g/mol. The van der Waals surface area contributed by atoms with Gasteiger partial charge >= 0.3 is 0 Å². The summed E-state index contributed by atoms with van der Waals surface area (Å²) >= 11 is 0. The molecule has 0 aliphatic carbocycles. The lowest BCUT2D eigenvalue weighted by atomic mass is 10.0. The van der Waals surface area contributed by atoms with Gasteiger partial charge in [-0.1, -0.05) is 29.8 Å². The van der Waals surface area contributed by atoms with Gasteiger partial charge < -0.3 is 15.0 Å². The number of aryl methyl sites for hydroxylation is 3. The number of ether oxygens (including phenoxy) is 1. The highest BCUT2D eigenvalue weighted by atomic mass is 16.5. The third-order valence-corrected chi connectivity index (χ3v) is 4.26. The first kappa shape index (κ1) is 19.5. The van der Waals surface area contributed by atoms with Crippen LogP contribution in [0.2, 0.25) is 0 Å². The predicted octanol–water partition coefficient (Wildman–Crippen LogP) is 3.40. The molecule has 138 valence electrons. The fourth-order valence-corrected chi connectivity index (χ4v) is 3.23. The van der Waals surface area contributed by atoms with Gasteiger partial charge in [-0.2, -0.15) is 0 Å². The minimum absolute atomic E-state index is 0.0495. The molecule has 5 nitrogen and oxygen atoms in total. The van der Waals surface area contributed by atoms with Crippen LogP contribution in [0.5, 0.6) is 5.75 Å². The standard InChI is InChI=1S/C21H26N2O3/c1-14-12-15(2)20(16(3)13-14)23(17(4)24)11-10-22-21(25)18-8-6-7-9-19(18)26-5/h6-9,12-13H,10-11H2,1-5H3,(H,22,25). The molecule has 2 amide bonds. The lowest BCUT2D eigenvalue weighted by Gasteiger charge is -2.25. The highest BCUT2D eigenvalue weighted by molar-refractivity contribution is 5.97. The van der Waals surface area contributed by atoms with Crippen molar-refractivity contribution >= 4 is 17.5 Å². The van der Waals surface area contributed by atoms with Gasteiger partial charge in [-0.05, 0) is 44.0 Å². The Morgan fingerprint density at radius 2 is 1.69 bits per heavy atom. The van der Waals surface area contributed by atoms with E-state index in [0.717, 1.165) is 22.4 Å². The first-order valence-corrected chi connectivity index (χ1v) is 8.62. The van der Waals surface area contributed by atoms with Crippen molar-refractivity contribution in [3.05, 3.63) is 58.7 Å². The Labute approximate surface area is 155 Å². The smallest absolute Gasteiger partial charge is 0.255 e. The number of hydrogen-bond donors (Lipinski definition) is 1. The average Bonchev–Trinajstić information content (AvgIpc) is 2.59. The monoisotopic (exact) mass is 354 g/mol. The molecule has 0 fully saturated rings. The van der Waals surface area contributed by atoms with Crippen molar-refractivity contribution in [2.45, 2.75) is 27.7 Å². The maximum atomic E-state index is 12.4. The van der Waals surface area contributed by atoms with Crippen LogP contribution in [0, 0.1) is 20.8 Å². The number of amides is 2. The second-order valence-electron chi connectivity index (χ2n) is 6.37. The van der Waals surface area contributed by atoms with E-state index in [-0.39, 0.29) is 11.8 Å². The fraction of sp³-hybridized carbons (Fsp3) is 0.333. The summed E-state index contributed by atoms with van der Waals surface area (Å²) in [6.45, 7) is 8.33. The van der Waals surface area contributed by atoms with Gasteiger partial charge in [0, 0.05) is 25.7 Å². The molecular weight excluding hydrogens is 328 g/mol. The summed E-state index contributed by atoms with van der Waals surface area (Å²) in [6, 6.07) is 11.2. The van der Waals surface area contributed by atoms with E-state index in [1.54, 1.807) is 30.0 Å². The number of benzene rings is 2. The van der Waals surface area contributed by atoms with Gasteiger partial charge in [-0.3, -0.25) is 9.59 Å². The van der Waals surface area contributed by atoms with Crippen LogP contribution in [0.25, 0.3) is 0 Å². The first-order valence-electron chi connectivity index (χ1n) is 8.62. The molecular formula is C21H26N2O3. The van der Waals surface area contributed by atoms with Crippen LogP contribution in [0.3, 0.4) is 0 Å². The lowest BCUT2D eigenvalue weighted by Crippen LogP contribution is -2.38. The summed E-state index contributed by atoms with van der Waals surface area (Å²) in [7, 11) is 1.53. The Kier molecular flexibility index (Phi) is 6.39. The quantitative estimate of drug-likeness (QED) is 0.865. The van der Waals surface area contributed by atoms with Crippen molar-refractivity contribution in [2.24, 2.45) is 0 Å². The zero-order chi connectivity index (χ0) is 19.3. The summed E-state index contributed by atoms with van der Waals surface area (Å²) in [5.41, 5.74) is 4.65. The first-order chi connectivity index (χ1) is 12.3. The minimum Gasteiger partial charge on any atom is -0.496 e. The van der Waals surface area contributed by atoms with E-state index in [1.807, 2.05) is 26.8 Å². The Balaban J connectivity index is 2.11. The SMILES string of the molecule is COc1ccccc1C(=O)NCCN(C(C)=O)c1c(C)cc(C)cc1C. The van der Waals surface area contributed by atoms with Crippen LogP contribution in [0.4, 0.5) is 5.69 Å². The van der Waals surface area contributed by atoms with E-state index in [1.165, 1.54) is 7.11 Å². The summed E-state index contributed by atoms with van der Waals surface area (Å²) in [6.07, 6.45) is 0. The van der Waals surface area contributed by atoms with Crippen LogP contribution >= 0.6 is 0 Å². The summed E-state index contributed by atoms with van der Waals surface area (Å²) in [5, 5.41) is 2.87. The number of nitrogens with one attached hydrogen (secondary N) is 1. The largest absolute Gasteiger partial charge is 0.496 e. The second kappa shape index (κ2) is 8.52. The van der Waals surface area contributed by atoms with Gasteiger partial charge in [-0.25, -0.2) is 0 Å². The van der Waals surface area contributed by atoms with E-state index in [0.29, 0.717) is 24.4 Å². The number of para-hydroxylation sites is 1. The van der Waals surface area contributed by atoms with Crippen molar-refractivity contribution < 1.29 is 14.3 Å². The molecule has 26 heavy (non-hydrogen) atoms. The third kappa shape index (κ3) is 4.42. The second-order valence-corrected chi connectivity index (χ2v) is 6.37. The van der Waals surface area contributed by atoms with Crippen molar-refractivity contribution in [1.29, 1.82) is 0 Å². The van der Waals surface area contributed by atoms with Gasteiger partial charge in [0.2, 0.25) is 5.91 Å². The summed E-state index contributed by atoms with van der Waals surface area (Å²) in [5.74, 6) is 0.258. The van der Waals surface area contributed by atoms with Gasteiger partial charge in [0.15, 0.2) is 0 Å². The molecule has 0 radical (unpaired) electrons. The lowest BCUT2D eigenvalue weighted by molar-refractivity contribution is -0.116. The molecule has 0 aliphatic rings. The minimum atomic E-state index is -0.219. The highest BCUT2D eigenvalue weighted by Crippen LogP contribution is 2.26. The van der Waals surface area contributed by atoms with Gasteiger partial charge in [0.1, 0.15) is 5.75 Å². The van der Waals surface area contributed by atoms with E-state index in [4.69, 9.17) is 4.74 Å². The Morgan fingerprint density at radius 3 is 2.27 bits per heavy atom. The van der Waals surface area contributed by atoms with Crippen LogP contribution < -0.4 is 15.0 Å². The topological polar surface area (TPSA) is 58.6 Å². The molecule has 0 heterocycles. The molecule has 0 atom stereocenters. The molecule has 2 aromatic rings. The molecule has 0 aliphatic heterocycles. The number of methoxy groups -OCH3 is 1. The van der Waals surface area contributed by atoms with E-state index in [9.17, 15) is 9.59 Å². The molecule has 5 heteroatoms. The number of carbonyl (C=O) groups excluding carboxylic acids is 2. The van der Waals surface area contributed by atoms with Crippen LogP contribution in [0.1, 0.15) is 34.0 Å². The fourth-order valence-electron chi connectivity index (χ4n) is 3.23. The molecule has 0 unspecified atom stereocenters. The van der Waals surface area contributed by atoms with Crippen LogP contribution in [-0.2, 0) is 4.79 Å². The van der Waals surface area contributed by atoms with Crippen molar-refractivity contribution in [3.63, 3.8) is 0 Å². The molecule has 0 aromatic heterocycles. The molecule has 0 saturated heterocycles. The normalized spacial score (nSPS) is 10.3. The van der Waals surface area contributed by atoms with Crippen LogP contribution in [-0.4, -0.2) is 32.0 Å². The number of carbonyl (C=O) groups is 2. The Morgan fingerprint density at radius 1 is 1.08 bits per heavy atom. The van der Waals surface area contributed by atoms with E-state index >= 15 is 0 Å². The number of hydrogen-bond acceptors (Lipinski definition) is 3. The zero-order valence-electron chi connectivity index (χ0n) is 16.1. The van der Waals surface area contributed by atoms with Crippen molar-refractivity contribution in [1.82, 2.24) is 5.32 Å². The Hall–Kier alpha value is -2.82. The van der Waals surface area contributed by atoms with Gasteiger partial charge in [0.05, 0.1) is 12.7 Å².